The van der Waals surface area contributed by atoms with Gasteiger partial charge in [0.1, 0.15) is 0 Å². The van der Waals surface area contributed by atoms with Gasteiger partial charge in [0.05, 0.1) is 25.2 Å². The molecule has 0 aliphatic rings. The molecule has 27 heavy (non-hydrogen) atoms. The zero-order chi connectivity index (χ0) is 20.0. The third-order valence-electron chi connectivity index (χ3n) is 4.27. The first-order valence-electron chi connectivity index (χ1n) is 8.55. The Balaban J connectivity index is 1.93. The molecule has 2 rings (SSSR count). The molecule has 0 radical (unpaired) electrons. The van der Waals surface area contributed by atoms with Crippen LogP contribution in [0.2, 0.25) is 0 Å². The highest BCUT2D eigenvalue weighted by Gasteiger charge is 2.12. The summed E-state index contributed by atoms with van der Waals surface area (Å²) in [6, 6.07) is 11.9. The van der Waals surface area contributed by atoms with Crippen molar-refractivity contribution in [3.63, 3.8) is 0 Å². The first-order chi connectivity index (χ1) is 12.7. The molecule has 7 heteroatoms. The van der Waals surface area contributed by atoms with Crippen LogP contribution in [0.1, 0.15) is 30.5 Å². The van der Waals surface area contributed by atoms with Crippen molar-refractivity contribution in [1.29, 1.82) is 0 Å². The van der Waals surface area contributed by atoms with E-state index in [0.29, 0.717) is 24.3 Å². The number of methoxy groups -OCH3 is 2. The molecule has 1 N–H and O–H groups in total. The van der Waals surface area contributed by atoms with Gasteiger partial charge in [0, 0.05) is 12.7 Å². The van der Waals surface area contributed by atoms with Crippen molar-refractivity contribution in [3.05, 3.63) is 53.6 Å². The van der Waals surface area contributed by atoms with Crippen LogP contribution in [-0.2, 0) is 21.1 Å². The van der Waals surface area contributed by atoms with Gasteiger partial charge < -0.3 is 14.8 Å². The fourth-order valence-corrected chi connectivity index (χ4v) is 3.33. The van der Waals surface area contributed by atoms with E-state index in [1.807, 2.05) is 25.1 Å². The molecule has 1 atom stereocenters. The average molecular weight is 391 g/mol. The highest BCUT2D eigenvalue weighted by molar-refractivity contribution is 7.90. The molecule has 0 aliphatic carbocycles. The summed E-state index contributed by atoms with van der Waals surface area (Å²) in [4.78, 5) is 12.5. The zero-order valence-electron chi connectivity index (χ0n) is 16.0. The lowest BCUT2D eigenvalue weighted by Gasteiger charge is -2.15. The van der Waals surface area contributed by atoms with E-state index in [-0.39, 0.29) is 16.8 Å². The van der Waals surface area contributed by atoms with Gasteiger partial charge in [0.2, 0.25) is 5.91 Å². The molecule has 1 amide bonds. The number of aryl methyl sites for hydroxylation is 1. The van der Waals surface area contributed by atoms with E-state index >= 15 is 0 Å². The van der Waals surface area contributed by atoms with Gasteiger partial charge in [-0.15, -0.1) is 0 Å². The fourth-order valence-electron chi connectivity index (χ4n) is 2.69. The summed E-state index contributed by atoms with van der Waals surface area (Å²) >= 11 is 0. The average Bonchev–Trinajstić information content (AvgIpc) is 2.65. The van der Waals surface area contributed by atoms with Crippen molar-refractivity contribution in [2.45, 2.75) is 30.7 Å². The molecule has 0 saturated carbocycles. The predicted octanol–water partition coefficient (Wildman–Crippen LogP) is 2.92. The van der Waals surface area contributed by atoms with Crippen molar-refractivity contribution in [2.75, 3.05) is 20.5 Å². The maximum Gasteiger partial charge on any atom is 0.220 e. The third-order valence-corrected chi connectivity index (χ3v) is 5.40. The van der Waals surface area contributed by atoms with E-state index in [1.54, 1.807) is 38.5 Å². The van der Waals surface area contributed by atoms with Gasteiger partial charge in [-0.1, -0.05) is 18.2 Å². The second-order valence-corrected chi connectivity index (χ2v) is 8.34. The molecule has 2 aromatic rings. The maximum atomic E-state index is 12.2. The Labute approximate surface area is 160 Å². The molecular weight excluding hydrogens is 366 g/mol. The predicted molar refractivity (Wildman–Crippen MR) is 104 cm³/mol. The molecule has 0 bridgehead atoms. The highest BCUT2D eigenvalue weighted by atomic mass is 32.2. The smallest absolute Gasteiger partial charge is 0.220 e. The lowest BCUT2D eigenvalue weighted by molar-refractivity contribution is -0.121. The van der Waals surface area contributed by atoms with Crippen molar-refractivity contribution < 1.29 is 22.7 Å². The van der Waals surface area contributed by atoms with E-state index in [2.05, 4.69) is 5.32 Å². The number of sulfone groups is 1. The molecule has 0 fully saturated rings. The number of benzene rings is 2. The highest BCUT2D eigenvalue weighted by Crippen LogP contribution is 2.28. The summed E-state index contributed by atoms with van der Waals surface area (Å²) in [5.74, 6) is 1.20. The van der Waals surface area contributed by atoms with E-state index < -0.39 is 9.84 Å². The Kier molecular flexibility index (Phi) is 6.85. The van der Waals surface area contributed by atoms with E-state index in [0.717, 1.165) is 11.1 Å². The lowest BCUT2D eigenvalue weighted by atomic mass is 10.1. The van der Waals surface area contributed by atoms with Gasteiger partial charge in [-0.05, 0) is 48.7 Å². The number of carbonyl (C=O) groups is 1. The first-order valence-corrected chi connectivity index (χ1v) is 10.4. The van der Waals surface area contributed by atoms with Crippen LogP contribution >= 0.6 is 0 Å². The van der Waals surface area contributed by atoms with Crippen molar-refractivity contribution in [3.8, 4) is 11.5 Å². The van der Waals surface area contributed by atoms with Crippen LogP contribution < -0.4 is 14.8 Å². The van der Waals surface area contributed by atoms with Gasteiger partial charge in [0.25, 0.3) is 0 Å². The van der Waals surface area contributed by atoms with Crippen LogP contribution in [0.15, 0.2) is 47.4 Å². The van der Waals surface area contributed by atoms with Gasteiger partial charge in [0.15, 0.2) is 21.3 Å². The Morgan fingerprint density at radius 3 is 2.22 bits per heavy atom. The Bertz CT molecular complexity index is 891. The summed E-state index contributed by atoms with van der Waals surface area (Å²) in [7, 11) is -0.0723. The number of amides is 1. The normalized spacial score (nSPS) is 12.3. The van der Waals surface area contributed by atoms with Gasteiger partial charge in [-0.2, -0.15) is 0 Å². The summed E-state index contributed by atoms with van der Waals surface area (Å²) < 4.78 is 33.5. The van der Waals surface area contributed by atoms with Gasteiger partial charge >= 0.3 is 0 Å². The monoisotopic (exact) mass is 391 g/mol. The van der Waals surface area contributed by atoms with Gasteiger partial charge in [-0.25, -0.2) is 8.42 Å². The van der Waals surface area contributed by atoms with Crippen molar-refractivity contribution in [1.82, 2.24) is 5.32 Å². The number of hydrogen-bond acceptors (Lipinski definition) is 5. The van der Waals surface area contributed by atoms with Crippen LogP contribution in [0.5, 0.6) is 11.5 Å². The minimum absolute atomic E-state index is 0.0792. The second-order valence-electron chi connectivity index (χ2n) is 6.32. The summed E-state index contributed by atoms with van der Waals surface area (Å²) in [5, 5.41) is 2.93. The van der Waals surface area contributed by atoms with Crippen LogP contribution in [0.3, 0.4) is 0 Å². The van der Waals surface area contributed by atoms with E-state index in [9.17, 15) is 13.2 Å². The van der Waals surface area contributed by atoms with Crippen LogP contribution in [0.4, 0.5) is 0 Å². The number of ether oxygens (including phenoxy) is 2. The minimum atomic E-state index is -3.22. The number of carbonyl (C=O) groups excluding carboxylic acids is 1. The summed E-state index contributed by atoms with van der Waals surface area (Å²) in [6.07, 6.45) is 2.08. The summed E-state index contributed by atoms with van der Waals surface area (Å²) in [5.41, 5.74) is 1.83. The maximum absolute atomic E-state index is 12.2. The van der Waals surface area contributed by atoms with Crippen LogP contribution in [-0.4, -0.2) is 34.8 Å². The Morgan fingerprint density at radius 1 is 1.04 bits per heavy atom. The van der Waals surface area contributed by atoms with Crippen LogP contribution in [0, 0.1) is 0 Å². The van der Waals surface area contributed by atoms with E-state index in [4.69, 9.17) is 9.47 Å². The molecule has 2 aromatic carbocycles. The largest absolute Gasteiger partial charge is 0.493 e. The van der Waals surface area contributed by atoms with Crippen molar-refractivity contribution >= 4 is 15.7 Å². The van der Waals surface area contributed by atoms with Crippen molar-refractivity contribution in [2.24, 2.45) is 0 Å². The molecule has 6 nitrogen and oxygen atoms in total. The SMILES string of the molecule is COc1ccc(CCC(=O)N[C@H](C)c2ccc(S(C)(=O)=O)cc2)cc1OC. The standard InChI is InChI=1S/C20H25NO5S/c1-14(16-7-9-17(10-8-16)27(4,23)24)21-20(22)12-6-15-5-11-18(25-2)19(13-15)26-3/h5,7-11,13-14H,6,12H2,1-4H3,(H,21,22)/t14-/m1/s1. The fraction of sp³-hybridized carbons (Fsp3) is 0.350. The van der Waals surface area contributed by atoms with Gasteiger partial charge in [-0.3, -0.25) is 4.79 Å². The zero-order valence-corrected chi connectivity index (χ0v) is 16.8. The Morgan fingerprint density at radius 2 is 1.67 bits per heavy atom. The third kappa shape index (κ3) is 5.72. The van der Waals surface area contributed by atoms with E-state index in [1.165, 1.54) is 6.26 Å². The molecule has 0 unspecified atom stereocenters. The second kappa shape index (κ2) is 8.90. The first kappa shape index (κ1) is 20.8. The molecule has 0 saturated heterocycles. The molecule has 0 aromatic heterocycles. The summed E-state index contributed by atoms with van der Waals surface area (Å²) in [6.45, 7) is 1.86. The Hall–Kier alpha value is -2.54. The molecule has 146 valence electrons. The molecular formula is C20H25NO5S. The molecule has 0 spiro atoms. The van der Waals surface area contributed by atoms with Crippen LogP contribution in [0.25, 0.3) is 0 Å². The number of nitrogens with one attached hydrogen (secondary N) is 1. The topological polar surface area (TPSA) is 81.7 Å². The lowest BCUT2D eigenvalue weighted by Crippen LogP contribution is -2.26. The quantitative estimate of drug-likeness (QED) is 0.748. The molecule has 0 aliphatic heterocycles. The minimum Gasteiger partial charge on any atom is -0.493 e. The number of hydrogen-bond donors (Lipinski definition) is 1. The number of rotatable bonds is 8. The molecule has 0 heterocycles.